The first kappa shape index (κ1) is 14.1. The fourth-order valence-corrected chi connectivity index (χ4v) is 3.18. The van der Waals surface area contributed by atoms with E-state index in [-0.39, 0.29) is 11.4 Å². The number of nitrogens with zero attached hydrogens (tertiary/aromatic N) is 1. The molecule has 1 amide bonds. The van der Waals surface area contributed by atoms with Gasteiger partial charge in [-0.3, -0.25) is 4.79 Å². The van der Waals surface area contributed by atoms with Crippen molar-refractivity contribution in [3.63, 3.8) is 0 Å². The van der Waals surface area contributed by atoms with Crippen LogP contribution in [0.15, 0.2) is 0 Å². The Hall–Kier alpha value is -1.34. The molecule has 0 radical (unpaired) electrons. The van der Waals surface area contributed by atoms with Crippen molar-refractivity contribution in [3.05, 3.63) is 5.56 Å². The summed E-state index contributed by atoms with van der Waals surface area (Å²) in [6, 6.07) is 0. The van der Waals surface area contributed by atoms with Gasteiger partial charge in [-0.2, -0.15) is 4.37 Å². The first-order valence-corrected chi connectivity index (χ1v) is 7.30. The zero-order valence-corrected chi connectivity index (χ0v) is 11.6. The Kier molecular flexibility index (Phi) is 4.26. The molecule has 1 aliphatic rings. The molecule has 6 N–H and O–H groups in total. The number of nitrogens with one attached hydrogen (secondary N) is 1. The molecule has 2 rings (SSSR count). The van der Waals surface area contributed by atoms with Gasteiger partial charge in [0, 0.05) is 6.54 Å². The first-order valence-electron chi connectivity index (χ1n) is 6.53. The first-order chi connectivity index (χ1) is 9.02. The number of carbonyl (C=O) groups is 1. The highest BCUT2D eigenvalue weighted by Gasteiger charge is 2.28. The van der Waals surface area contributed by atoms with Crippen LogP contribution in [0, 0.1) is 0 Å². The van der Waals surface area contributed by atoms with Gasteiger partial charge in [0.15, 0.2) is 5.82 Å². The van der Waals surface area contributed by atoms with Crippen molar-refractivity contribution in [2.45, 2.75) is 44.1 Å². The number of primary amides is 1. The van der Waals surface area contributed by atoms with Gasteiger partial charge in [0.25, 0.3) is 5.91 Å². The van der Waals surface area contributed by atoms with Crippen molar-refractivity contribution < 1.29 is 9.90 Å². The van der Waals surface area contributed by atoms with E-state index >= 15 is 0 Å². The number of carbonyl (C=O) groups excluding carboxylic acids is 1. The van der Waals surface area contributed by atoms with Gasteiger partial charge in [-0.25, -0.2) is 0 Å². The molecule has 1 heterocycles. The van der Waals surface area contributed by atoms with E-state index in [9.17, 15) is 9.90 Å². The molecule has 7 heteroatoms. The van der Waals surface area contributed by atoms with Crippen LogP contribution in [0.1, 0.15) is 48.9 Å². The number of anilines is 2. The third-order valence-electron chi connectivity index (χ3n) is 3.58. The normalized spacial score (nSPS) is 18.8. The molecule has 1 saturated carbocycles. The standard InChI is InChI=1S/C12H20N4O2S/c13-9-8(10(14)17)11(19-16-9)15-7-12(18)5-3-1-2-4-6-12/h15,18H,1-7H2,(H2,13,16)(H2,14,17). The SMILES string of the molecule is NC(=O)c1c(N)nsc1NCC1(O)CCCCCC1. The summed E-state index contributed by atoms with van der Waals surface area (Å²) in [4.78, 5) is 11.3. The second-order valence-electron chi connectivity index (χ2n) is 5.13. The van der Waals surface area contributed by atoms with Crippen LogP contribution >= 0.6 is 11.5 Å². The Morgan fingerprint density at radius 3 is 2.58 bits per heavy atom. The number of aromatic nitrogens is 1. The molecule has 0 bridgehead atoms. The zero-order chi connectivity index (χ0) is 13.9. The summed E-state index contributed by atoms with van der Waals surface area (Å²) in [6.07, 6.45) is 5.96. The summed E-state index contributed by atoms with van der Waals surface area (Å²) < 4.78 is 3.92. The Morgan fingerprint density at radius 1 is 1.37 bits per heavy atom. The Bertz CT molecular complexity index is 453. The van der Waals surface area contributed by atoms with Gasteiger partial charge in [0.2, 0.25) is 0 Å². The summed E-state index contributed by atoms with van der Waals surface area (Å²) >= 11 is 1.10. The minimum Gasteiger partial charge on any atom is -0.388 e. The van der Waals surface area contributed by atoms with E-state index in [0.717, 1.165) is 37.2 Å². The average Bonchev–Trinajstić information content (AvgIpc) is 2.58. The van der Waals surface area contributed by atoms with Crippen LogP contribution in [0.25, 0.3) is 0 Å². The van der Waals surface area contributed by atoms with E-state index in [1.165, 1.54) is 12.8 Å². The lowest BCUT2D eigenvalue weighted by atomic mass is 9.94. The Balaban J connectivity index is 2.03. The van der Waals surface area contributed by atoms with Gasteiger partial charge in [0.05, 0.1) is 5.60 Å². The smallest absolute Gasteiger partial charge is 0.255 e. The van der Waals surface area contributed by atoms with E-state index in [2.05, 4.69) is 9.69 Å². The predicted octanol–water partition coefficient (Wildman–Crippen LogP) is 1.32. The number of nitrogen functional groups attached to an aromatic ring is 1. The summed E-state index contributed by atoms with van der Waals surface area (Å²) in [7, 11) is 0. The minimum atomic E-state index is -0.718. The van der Waals surface area contributed by atoms with Gasteiger partial charge in [-0.1, -0.05) is 25.7 Å². The van der Waals surface area contributed by atoms with Gasteiger partial charge in [-0.15, -0.1) is 0 Å². The van der Waals surface area contributed by atoms with E-state index in [1.807, 2.05) is 0 Å². The van der Waals surface area contributed by atoms with Gasteiger partial charge in [0.1, 0.15) is 10.6 Å². The zero-order valence-electron chi connectivity index (χ0n) is 10.8. The Labute approximate surface area is 116 Å². The van der Waals surface area contributed by atoms with Crippen LogP contribution in [-0.2, 0) is 0 Å². The fourth-order valence-electron chi connectivity index (χ4n) is 2.47. The maximum absolute atomic E-state index is 11.3. The number of hydrogen-bond donors (Lipinski definition) is 4. The summed E-state index contributed by atoms with van der Waals surface area (Å²) in [6.45, 7) is 0.398. The molecular weight excluding hydrogens is 264 g/mol. The molecule has 1 aliphatic carbocycles. The molecule has 0 saturated heterocycles. The van der Waals surface area contributed by atoms with Crippen molar-refractivity contribution in [1.29, 1.82) is 0 Å². The fraction of sp³-hybridized carbons (Fsp3) is 0.667. The molecule has 1 aromatic heterocycles. The Morgan fingerprint density at radius 2 is 2.00 bits per heavy atom. The summed E-state index contributed by atoms with van der Waals surface area (Å²) in [5.41, 5.74) is 10.4. The van der Waals surface area contributed by atoms with Crippen LogP contribution in [-0.4, -0.2) is 27.5 Å². The van der Waals surface area contributed by atoms with Crippen LogP contribution < -0.4 is 16.8 Å². The second kappa shape index (κ2) is 5.75. The van der Waals surface area contributed by atoms with Crippen LogP contribution in [0.5, 0.6) is 0 Å². The lowest BCUT2D eigenvalue weighted by Gasteiger charge is -2.27. The van der Waals surface area contributed by atoms with E-state index in [1.54, 1.807) is 0 Å². The largest absolute Gasteiger partial charge is 0.388 e. The van der Waals surface area contributed by atoms with Crippen molar-refractivity contribution in [2.24, 2.45) is 5.73 Å². The number of rotatable bonds is 4. The van der Waals surface area contributed by atoms with Gasteiger partial charge in [-0.05, 0) is 24.4 Å². The molecular formula is C12H20N4O2S. The van der Waals surface area contributed by atoms with Crippen LogP contribution in [0.4, 0.5) is 10.8 Å². The molecule has 6 nitrogen and oxygen atoms in total. The lowest BCUT2D eigenvalue weighted by molar-refractivity contribution is 0.0381. The quantitative estimate of drug-likeness (QED) is 0.623. The summed E-state index contributed by atoms with van der Waals surface area (Å²) in [5.74, 6) is -0.450. The maximum atomic E-state index is 11.3. The van der Waals surface area contributed by atoms with E-state index in [0.29, 0.717) is 11.5 Å². The molecule has 1 aromatic rings. The highest BCUT2D eigenvalue weighted by atomic mass is 32.1. The average molecular weight is 284 g/mol. The van der Waals surface area contributed by atoms with Crippen LogP contribution in [0.3, 0.4) is 0 Å². The molecule has 0 aliphatic heterocycles. The number of amides is 1. The molecule has 106 valence electrons. The lowest BCUT2D eigenvalue weighted by Crippen LogP contribution is -2.36. The topological polar surface area (TPSA) is 114 Å². The predicted molar refractivity (Wildman–Crippen MR) is 76.2 cm³/mol. The molecule has 0 atom stereocenters. The van der Waals surface area contributed by atoms with E-state index in [4.69, 9.17) is 11.5 Å². The van der Waals surface area contributed by atoms with E-state index < -0.39 is 11.5 Å². The number of hydrogen-bond acceptors (Lipinski definition) is 6. The van der Waals surface area contributed by atoms with Crippen molar-refractivity contribution >= 4 is 28.3 Å². The van der Waals surface area contributed by atoms with Crippen molar-refractivity contribution in [3.8, 4) is 0 Å². The molecule has 0 unspecified atom stereocenters. The highest BCUT2D eigenvalue weighted by molar-refractivity contribution is 7.11. The molecule has 0 spiro atoms. The van der Waals surface area contributed by atoms with Crippen molar-refractivity contribution in [2.75, 3.05) is 17.6 Å². The van der Waals surface area contributed by atoms with Gasteiger partial charge < -0.3 is 21.9 Å². The van der Waals surface area contributed by atoms with Gasteiger partial charge >= 0.3 is 0 Å². The molecule has 0 aromatic carbocycles. The molecule has 19 heavy (non-hydrogen) atoms. The number of aliphatic hydroxyl groups is 1. The maximum Gasteiger partial charge on any atom is 0.255 e. The summed E-state index contributed by atoms with van der Waals surface area (Å²) in [5, 5.41) is 14.1. The van der Waals surface area contributed by atoms with Crippen LogP contribution in [0.2, 0.25) is 0 Å². The third-order valence-corrected chi connectivity index (χ3v) is 4.40. The number of nitrogens with two attached hydrogens (primary N) is 2. The molecule has 1 fully saturated rings. The minimum absolute atomic E-state index is 0.146. The monoisotopic (exact) mass is 284 g/mol. The highest BCUT2D eigenvalue weighted by Crippen LogP contribution is 2.30. The van der Waals surface area contributed by atoms with Crippen molar-refractivity contribution in [1.82, 2.24) is 4.37 Å². The second-order valence-corrected chi connectivity index (χ2v) is 5.90. The third kappa shape index (κ3) is 3.36.